The van der Waals surface area contributed by atoms with Gasteiger partial charge in [0.25, 0.3) is 0 Å². The first kappa shape index (κ1) is 16.1. The minimum absolute atomic E-state index is 0. The molecule has 3 aromatic rings. The fraction of sp³-hybridized carbons (Fsp3) is 0.0526. The molecule has 0 amide bonds. The lowest BCUT2D eigenvalue weighted by atomic mass is 10.2. The van der Waals surface area contributed by atoms with E-state index in [4.69, 9.17) is 0 Å². The number of hydrogen-bond donors (Lipinski definition) is 0. The van der Waals surface area contributed by atoms with Crippen LogP contribution in [-0.4, -0.2) is 0 Å². The van der Waals surface area contributed by atoms with Gasteiger partial charge in [0.1, 0.15) is 0 Å². The van der Waals surface area contributed by atoms with E-state index in [9.17, 15) is 0 Å². The molecule has 2 heteroatoms. The molecule has 0 bridgehead atoms. The van der Waals surface area contributed by atoms with E-state index in [2.05, 4.69) is 91.9 Å². The van der Waals surface area contributed by atoms with Gasteiger partial charge in [0.15, 0.2) is 14.7 Å². The average molecular weight is 404 g/mol. The third-order valence-electron chi connectivity index (χ3n) is 3.27. The van der Waals surface area contributed by atoms with Crippen molar-refractivity contribution in [2.24, 2.45) is 0 Å². The number of hydrogen-bond acceptors (Lipinski definition) is 0. The van der Waals surface area contributed by atoms with Gasteiger partial charge < -0.3 is 24.0 Å². The summed E-state index contributed by atoms with van der Waals surface area (Å²) in [4.78, 5) is 4.14. The molecular formula is C19H17IS. The van der Waals surface area contributed by atoms with Gasteiger partial charge in [0.2, 0.25) is 0 Å². The van der Waals surface area contributed by atoms with Crippen LogP contribution in [0.4, 0.5) is 0 Å². The fourth-order valence-electron chi connectivity index (χ4n) is 2.29. The van der Waals surface area contributed by atoms with Gasteiger partial charge in [-0.3, -0.25) is 0 Å². The van der Waals surface area contributed by atoms with Crippen LogP contribution in [0.3, 0.4) is 0 Å². The number of benzene rings is 3. The summed E-state index contributed by atoms with van der Waals surface area (Å²) in [6.07, 6.45) is 0. The van der Waals surface area contributed by atoms with Crippen LogP contribution < -0.4 is 24.0 Å². The summed E-state index contributed by atoms with van der Waals surface area (Å²) >= 11 is 0. The lowest BCUT2D eigenvalue weighted by Crippen LogP contribution is -3.00. The smallest absolute Gasteiger partial charge is 0.169 e. The highest BCUT2D eigenvalue weighted by molar-refractivity contribution is 7.97. The van der Waals surface area contributed by atoms with Crippen molar-refractivity contribution < 1.29 is 24.0 Å². The second-order valence-electron chi connectivity index (χ2n) is 4.70. The van der Waals surface area contributed by atoms with Crippen LogP contribution in [0.5, 0.6) is 0 Å². The highest BCUT2D eigenvalue weighted by Gasteiger charge is 2.29. The Labute approximate surface area is 146 Å². The van der Waals surface area contributed by atoms with E-state index < -0.39 is 0 Å². The molecule has 0 radical (unpaired) electrons. The summed E-state index contributed by atoms with van der Waals surface area (Å²) in [5.74, 6) is 0. The van der Waals surface area contributed by atoms with Gasteiger partial charge in [-0.25, -0.2) is 0 Å². The van der Waals surface area contributed by atoms with Gasteiger partial charge in [-0.1, -0.05) is 54.6 Å². The summed E-state index contributed by atoms with van der Waals surface area (Å²) in [5.41, 5.74) is 1.35. The molecule has 0 saturated carbocycles. The topological polar surface area (TPSA) is 0 Å². The van der Waals surface area contributed by atoms with Crippen molar-refractivity contribution in [3.63, 3.8) is 0 Å². The van der Waals surface area contributed by atoms with Crippen molar-refractivity contribution in [3.05, 3.63) is 90.5 Å². The van der Waals surface area contributed by atoms with Crippen LogP contribution >= 0.6 is 0 Å². The molecule has 0 aromatic heterocycles. The van der Waals surface area contributed by atoms with E-state index in [1.54, 1.807) is 0 Å². The third-order valence-corrected chi connectivity index (χ3v) is 5.66. The fourth-order valence-corrected chi connectivity index (χ4v) is 4.53. The molecule has 0 aliphatic heterocycles. The molecule has 0 saturated heterocycles. The molecule has 0 spiro atoms. The molecule has 0 heterocycles. The molecule has 0 N–H and O–H groups in total. The number of halogens is 1. The molecule has 0 aliphatic carbocycles. The first-order valence-electron chi connectivity index (χ1n) is 6.76. The Morgan fingerprint density at radius 2 is 1.00 bits per heavy atom. The molecule has 0 atom stereocenters. The summed E-state index contributed by atoms with van der Waals surface area (Å²) in [5, 5.41) is 0. The van der Waals surface area contributed by atoms with Crippen molar-refractivity contribution in [1.82, 2.24) is 0 Å². The number of rotatable bonds is 3. The first-order valence-corrected chi connectivity index (χ1v) is 7.99. The Bertz CT molecular complexity index is 641. The predicted molar refractivity (Wildman–Crippen MR) is 86.2 cm³/mol. The molecule has 0 nitrogen and oxygen atoms in total. The Balaban J connectivity index is 0.00000161. The normalized spacial score (nSPS) is 10.2. The predicted octanol–water partition coefficient (Wildman–Crippen LogP) is 2.09. The molecule has 3 rings (SSSR count). The minimum Gasteiger partial charge on any atom is -1.00 e. The second-order valence-corrected chi connectivity index (χ2v) is 6.69. The zero-order chi connectivity index (χ0) is 13.8. The molecule has 3 aromatic carbocycles. The van der Waals surface area contributed by atoms with Gasteiger partial charge in [-0.2, -0.15) is 0 Å². The highest BCUT2D eigenvalue weighted by Crippen LogP contribution is 2.32. The second kappa shape index (κ2) is 7.66. The van der Waals surface area contributed by atoms with E-state index in [1.165, 1.54) is 20.2 Å². The maximum atomic E-state index is 2.25. The van der Waals surface area contributed by atoms with Crippen molar-refractivity contribution in [1.29, 1.82) is 0 Å². The standard InChI is InChI=1S/C19H17S.HI/c1-16-10-8-9-15-19(16)20(17-11-4-2-5-12-17)18-13-6-3-7-14-18;/h2-15H,1H3;1H/q+1;/p-1. The minimum atomic E-state index is -0.0262. The number of aryl methyl sites for hydroxylation is 1. The largest absolute Gasteiger partial charge is 1.00 e. The van der Waals surface area contributed by atoms with E-state index in [-0.39, 0.29) is 34.9 Å². The Morgan fingerprint density at radius 1 is 0.571 bits per heavy atom. The summed E-state index contributed by atoms with van der Waals surface area (Å²) in [7, 11) is -0.0262. The maximum Gasteiger partial charge on any atom is 0.169 e. The zero-order valence-corrected chi connectivity index (χ0v) is 14.8. The quantitative estimate of drug-likeness (QED) is 0.464. The Hall–Kier alpha value is -1.26. The van der Waals surface area contributed by atoms with Crippen LogP contribution in [0.1, 0.15) is 5.56 Å². The molecule has 21 heavy (non-hydrogen) atoms. The van der Waals surface area contributed by atoms with Crippen LogP contribution in [0.15, 0.2) is 99.6 Å². The van der Waals surface area contributed by atoms with Crippen molar-refractivity contribution in [2.75, 3.05) is 0 Å². The first-order chi connectivity index (χ1) is 9.86. The third kappa shape index (κ3) is 3.69. The van der Waals surface area contributed by atoms with Crippen molar-refractivity contribution >= 4 is 10.9 Å². The van der Waals surface area contributed by atoms with Gasteiger partial charge in [-0.05, 0) is 37.3 Å². The summed E-state index contributed by atoms with van der Waals surface area (Å²) < 4.78 is 0. The summed E-state index contributed by atoms with van der Waals surface area (Å²) in [6, 6.07) is 30.2. The summed E-state index contributed by atoms with van der Waals surface area (Å²) in [6.45, 7) is 2.20. The highest BCUT2D eigenvalue weighted by atomic mass is 127. The monoisotopic (exact) mass is 404 g/mol. The molecule has 0 aliphatic rings. The van der Waals surface area contributed by atoms with Crippen LogP contribution in [0, 0.1) is 6.92 Å². The molecule has 0 fully saturated rings. The Kier molecular flexibility index (Phi) is 5.88. The maximum absolute atomic E-state index is 2.25. The van der Waals surface area contributed by atoms with Gasteiger partial charge in [0, 0.05) is 5.56 Å². The lowest BCUT2D eigenvalue weighted by Gasteiger charge is -2.09. The average Bonchev–Trinajstić information content (AvgIpc) is 2.52. The van der Waals surface area contributed by atoms with Crippen molar-refractivity contribution in [2.45, 2.75) is 21.6 Å². The van der Waals surface area contributed by atoms with Gasteiger partial charge >= 0.3 is 0 Å². The lowest BCUT2D eigenvalue weighted by molar-refractivity contribution is -0.00000402. The van der Waals surface area contributed by atoms with Crippen molar-refractivity contribution in [3.8, 4) is 0 Å². The SMILES string of the molecule is Cc1ccccc1[S+](c1ccccc1)c1ccccc1.[I-]. The zero-order valence-electron chi connectivity index (χ0n) is 11.9. The van der Waals surface area contributed by atoms with Gasteiger partial charge in [-0.15, -0.1) is 0 Å². The van der Waals surface area contributed by atoms with Crippen LogP contribution in [-0.2, 0) is 10.9 Å². The van der Waals surface area contributed by atoms with E-state index in [1.807, 2.05) is 0 Å². The van der Waals surface area contributed by atoms with E-state index >= 15 is 0 Å². The van der Waals surface area contributed by atoms with Crippen LogP contribution in [0.2, 0.25) is 0 Å². The van der Waals surface area contributed by atoms with Crippen LogP contribution in [0.25, 0.3) is 0 Å². The van der Waals surface area contributed by atoms with E-state index in [0.29, 0.717) is 0 Å². The van der Waals surface area contributed by atoms with E-state index in [0.717, 1.165) is 0 Å². The molecular weight excluding hydrogens is 387 g/mol. The molecule has 0 unspecified atom stereocenters. The molecule has 106 valence electrons. The van der Waals surface area contributed by atoms with Gasteiger partial charge in [0.05, 0.1) is 10.9 Å². The Morgan fingerprint density at radius 3 is 1.48 bits per heavy atom.